The average molecular weight is 209 g/mol. The Labute approximate surface area is 79.4 Å². The van der Waals surface area contributed by atoms with E-state index in [9.17, 15) is 0 Å². The normalized spacial score (nSPS) is 10.4. The van der Waals surface area contributed by atoms with Crippen LogP contribution in [0.1, 0.15) is 10.0 Å². The number of aromatic nitrogens is 2. The fourth-order valence-electron chi connectivity index (χ4n) is 0.652. The summed E-state index contributed by atoms with van der Waals surface area (Å²) in [7, 11) is 0. The van der Waals surface area contributed by atoms with Crippen LogP contribution < -0.4 is 0 Å². The molecule has 0 fully saturated rings. The lowest BCUT2D eigenvalue weighted by molar-refractivity contribution is 0.965. The summed E-state index contributed by atoms with van der Waals surface area (Å²) in [5.74, 6) is 1.59. The molecule has 0 atom stereocenters. The van der Waals surface area contributed by atoms with Crippen molar-refractivity contribution in [2.45, 2.75) is 12.2 Å². The molecule has 0 amide bonds. The van der Waals surface area contributed by atoms with Crippen molar-refractivity contribution in [2.75, 3.05) is 12.1 Å². The monoisotopic (exact) mass is 208 g/mol. The van der Waals surface area contributed by atoms with Crippen molar-refractivity contribution < 1.29 is 0 Å². The van der Waals surface area contributed by atoms with Gasteiger partial charge in [-0.3, -0.25) is 0 Å². The van der Waals surface area contributed by atoms with Crippen LogP contribution in [0, 0.1) is 0 Å². The van der Waals surface area contributed by atoms with E-state index in [1.54, 1.807) is 23.1 Å². The summed E-state index contributed by atoms with van der Waals surface area (Å²) in [6, 6.07) is 0. The van der Waals surface area contributed by atoms with Crippen LogP contribution in [0.3, 0.4) is 0 Å². The molecule has 62 valence electrons. The Kier molecular flexibility index (Phi) is 4.18. The first-order valence-corrected chi connectivity index (χ1v) is 5.97. The predicted molar refractivity (Wildman–Crippen MR) is 51.6 cm³/mol. The van der Waals surface area contributed by atoms with Crippen molar-refractivity contribution in [3.8, 4) is 0 Å². The first kappa shape index (κ1) is 9.29. The minimum absolute atomic E-state index is 0.633. The zero-order valence-electron chi connectivity index (χ0n) is 6.21. The van der Waals surface area contributed by atoms with Gasteiger partial charge in [-0.2, -0.15) is 11.8 Å². The number of alkyl halides is 1. The number of hydrogen-bond acceptors (Lipinski definition) is 4. The van der Waals surface area contributed by atoms with Crippen LogP contribution in [0.4, 0.5) is 0 Å². The van der Waals surface area contributed by atoms with E-state index in [1.807, 2.05) is 0 Å². The molecule has 1 heterocycles. The third kappa shape index (κ3) is 2.97. The van der Waals surface area contributed by atoms with Gasteiger partial charge in [0.15, 0.2) is 0 Å². The van der Waals surface area contributed by atoms with Gasteiger partial charge < -0.3 is 0 Å². The predicted octanol–water partition coefficient (Wildman–Crippen LogP) is 2.18. The highest BCUT2D eigenvalue weighted by Crippen LogP contribution is 2.15. The second-order valence-electron chi connectivity index (χ2n) is 1.96. The van der Waals surface area contributed by atoms with E-state index in [4.69, 9.17) is 11.6 Å². The molecule has 1 aromatic rings. The summed E-state index contributed by atoms with van der Waals surface area (Å²) in [6.45, 7) is 0. The molecular weight excluding hydrogens is 200 g/mol. The molecule has 0 radical (unpaired) electrons. The fraction of sp³-hybridized carbons (Fsp3) is 0.667. The van der Waals surface area contributed by atoms with Gasteiger partial charge in [-0.1, -0.05) is 0 Å². The van der Waals surface area contributed by atoms with Crippen molar-refractivity contribution in [3.05, 3.63) is 10.0 Å². The van der Waals surface area contributed by atoms with Gasteiger partial charge in [0, 0.05) is 18.1 Å². The highest BCUT2D eigenvalue weighted by atomic mass is 35.5. The first-order chi connectivity index (χ1) is 5.36. The molecule has 0 aliphatic carbocycles. The summed E-state index contributed by atoms with van der Waals surface area (Å²) in [5.41, 5.74) is 0. The van der Waals surface area contributed by atoms with Gasteiger partial charge in [0.1, 0.15) is 10.0 Å². The second-order valence-corrected chi connectivity index (χ2v) is 4.35. The number of aryl methyl sites for hydroxylation is 1. The van der Waals surface area contributed by atoms with E-state index in [-0.39, 0.29) is 0 Å². The molecule has 2 nitrogen and oxygen atoms in total. The Bertz CT molecular complexity index is 194. The minimum Gasteiger partial charge on any atom is -0.158 e. The zero-order chi connectivity index (χ0) is 8.10. The van der Waals surface area contributed by atoms with Crippen LogP contribution in [0.2, 0.25) is 0 Å². The lowest BCUT2D eigenvalue weighted by atomic mass is 10.5. The summed E-state index contributed by atoms with van der Waals surface area (Å²) in [4.78, 5) is 0. The SMILES string of the molecule is CSCc1nnc(CCCl)s1. The Morgan fingerprint density at radius 3 is 2.82 bits per heavy atom. The number of nitrogens with zero attached hydrogens (tertiary/aromatic N) is 2. The van der Waals surface area contributed by atoms with Crippen molar-refractivity contribution >= 4 is 34.7 Å². The fourth-order valence-corrected chi connectivity index (χ4v) is 2.48. The lowest BCUT2D eigenvalue weighted by Crippen LogP contribution is -1.83. The maximum Gasteiger partial charge on any atom is 0.127 e. The Morgan fingerprint density at radius 2 is 2.18 bits per heavy atom. The molecule has 5 heteroatoms. The topological polar surface area (TPSA) is 25.8 Å². The third-order valence-electron chi connectivity index (χ3n) is 1.08. The average Bonchev–Trinajstić information content (AvgIpc) is 2.38. The number of rotatable bonds is 4. The molecule has 1 aromatic heterocycles. The molecule has 0 saturated heterocycles. The molecule has 0 aliphatic rings. The number of hydrogen-bond donors (Lipinski definition) is 0. The second kappa shape index (κ2) is 4.95. The van der Waals surface area contributed by atoms with E-state index in [0.717, 1.165) is 22.2 Å². The standard InChI is InChI=1S/C6H9ClN2S2/c1-10-4-6-9-8-5(11-6)2-3-7/h2-4H2,1H3. The molecule has 0 N–H and O–H groups in total. The van der Waals surface area contributed by atoms with Gasteiger partial charge in [-0.25, -0.2) is 0 Å². The van der Waals surface area contributed by atoms with Crippen molar-refractivity contribution in [1.29, 1.82) is 0 Å². The first-order valence-electron chi connectivity index (χ1n) is 3.23. The molecule has 0 aliphatic heterocycles. The maximum atomic E-state index is 5.56. The Morgan fingerprint density at radius 1 is 1.45 bits per heavy atom. The molecular formula is C6H9ClN2S2. The molecule has 0 saturated carbocycles. The smallest absolute Gasteiger partial charge is 0.127 e. The zero-order valence-corrected chi connectivity index (χ0v) is 8.60. The van der Waals surface area contributed by atoms with E-state index in [1.165, 1.54) is 0 Å². The van der Waals surface area contributed by atoms with Crippen molar-refractivity contribution in [2.24, 2.45) is 0 Å². The Balaban J connectivity index is 2.51. The number of halogens is 1. The molecule has 0 bridgehead atoms. The van der Waals surface area contributed by atoms with Crippen molar-refractivity contribution in [1.82, 2.24) is 10.2 Å². The van der Waals surface area contributed by atoms with E-state index >= 15 is 0 Å². The van der Waals surface area contributed by atoms with Crippen LogP contribution in [0.25, 0.3) is 0 Å². The lowest BCUT2D eigenvalue weighted by Gasteiger charge is -1.85. The Hall–Kier alpha value is 0.200. The summed E-state index contributed by atoms with van der Waals surface area (Å²) < 4.78 is 0. The van der Waals surface area contributed by atoms with Crippen LogP contribution in [-0.2, 0) is 12.2 Å². The van der Waals surface area contributed by atoms with Gasteiger partial charge >= 0.3 is 0 Å². The van der Waals surface area contributed by atoms with Gasteiger partial charge in [0.25, 0.3) is 0 Å². The van der Waals surface area contributed by atoms with Crippen LogP contribution in [0.5, 0.6) is 0 Å². The molecule has 11 heavy (non-hydrogen) atoms. The summed E-state index contributed by atoms with van der Waals surface area (Å²) in [5, 5.41) is 10.1. The van der Waals surface area contributed by atoms with Crippen molar-refractivity contribution in [3.63, 3.8) is 0 Å². The van der Waals surface area contributed by atoms with Gasteiger partial charge in [0.05, 0.1) is 0 Å². The van der Waals surface area contributed by atoms with Crippen LogP contribution >= 0.6 is 34.7 Å². The molecule has 1 rings (SSSR count). The quantitative estimate of drug-likeness (QED) is 0.710. The van der Waals surface area contributed by atoms with E-state index < -0.39 is 0 Å². The largest absolute Gasteiger partial charge is 0.158 e. The van der Waals surface area contributed by atoms with E-state index in [0.29, 0.717) is 5.88 Å². The third-order valence-corrected chi connectivity index (χ3v) is 3.00. The van der Waals surface area contributed by atoms with Crippen LogP contribution in [0.15, 0.2) is 0 Å². The summed E-state index contributed by atoms with van der Waals surface area (Å²) in [6.07, 6.45) is 2.90. The molecule has 0 aromatic carbocycles. The van der Waals surface area contributed by atoms with E-state index in [2.05, 4.69) is 16.5 Å². The summed E-state index contributed by atoms with van der Waals surface area (Å²) >= 11 is 8.97. The number of thioether (sulfide) groups is 1. The highest BCUT2D eigenvalue weighted by Gasteiger charge is 2.01. The van der Waals surface area contributed by atoms with Gasteiger partial charge in [0.2, 0.25) is 0 Å². The highest BCUT2D eigenvalue weighted by molar-refractivity contribution is 7.97. The minimum atomic E-state index is 0.633. The maximum absolute atomic E-state index is 5.56. The van der Waals surface area contributed by atoms with Gasteiger partial charge in [-0.15, -0.1) is 33.1 Å². The molecule has 0 unspecified atom stereocenters. The van der Waals surface area contributed by atoms with Gasteiger partial charge in [-0.05, 0) is 6.26 Å². The van der Waals surface area contributed by atoms with Crippen LogP contribution in [-0.4, -0.2) is 22.3 Å². The molecule has 0 spiro atoms.